The molecular formula is C15H18. The van der Waals surface area contributed by atoms with Gasteiger partial charge in [0.1, 0.15) is 0 Å². The Hall–Kier alpha value is -1.56. The Morgan fingerprint density at radius 2 is 2.07 bits per heavy atom. The second kappa shape index (κ2) is 5.35. The van der Waals surface area contributed by atoms with E-state index in [0.717, 1.165) is 0 Å². The molecule has 1 rings (SSSR count). The first-order valence-corrected chi connectivity index (χ1v) is 5.21. The van der Waals surface area contributed by atoms with Crippen LogP contribution in [0.2, 0.25) is 0 Å². The molecule has 0 heteroatoms. The van der Waals surface area contributed by atoms with Gasteiger partial charge in [-0.05, 0) is 31.9 Å². The molecule has 0 bridgehead atoms. The van der Waals surface area contributed by atoms with Crippen molar-refractivity contribution in [2.45, 2.75) is 20.8 Å². The molecule has 0 aliphatic heterocycles. The van der Waals surface area contributed by atoms with Crippen LogP contribution in [0.15, 0.2) is 54.6 Å². The molecule has 78 valence electrons. The summed E-state index contributed by atoms with van der Waals surface area (Å²) in [5, 5.41) is 0. The Labute approximate surface area is 92.6 Å². The molecule has 15 heavy (non-hydrogen) atoms. The number of hydrogen-bond donors (Lipinski definition) is 0. The highest BCUT2D eigenvalue weighted by Gasteiger charge is 1.97. The first-order chi connectivity index (χ1) is 7.17. The quantitative estimate of drug-likeness (QED) is 0.626. The van der Waals surface area contributed by atoms with Gasteiger partial charge in [0, 0.05) is 0 Å². The lowest BCUT2D eigenvalue weighted by atomic mass is 10.0. The van der Waals surface area contributed by atoms with E-state index in [1.807, 2.05) is 13.0 Å². The fourth-order valence-electron chi connectivity index (χ4n) is 1.41. The molecule has 0 spiro atoms. The fourth-order valence-corrected chi connectivity index (χ4v) is 1.41. The third-order valence-corrected chi connectivity index (χ3v) is 2.41. The van der Waals surface area contributed by atoms with Crippen molar-refractivity contribution in [2.75, 3.05) is 0 Å². The van der Waals surface area contributed by atoms with E-state index in [1.165, 1.54) is 22.3 Å². The summed E-state index contributed by atoms with van der Waals surface area (Å²) in [6.07, 6.45) is 6.16. The molecule has 0 amide bonds. The van der Waals surface area contributed by atoms with E-state index in [9.17, 15) is 0 Å². The minimum absolute atomic E-state index is 1.18. The number of rotatable bonds is 3. The SMILES string of the molecule is C=C/C(=C\C(C)=C/C)c1cccc(C)c1. The van der Waals surface area contributed by atoms with Crippen LogP contribution in [0, 0.1) is 6.92 Å². The number of aryl methyl sites for hydroxylation is 1. The maximum atomic E-state index is 3.86. The van der Waals surface area contributed by atoms with Crippen LogP contribution in [0.3, 0.4) is 0 Å². The van der Waals surface area contributed by atoms with Crippen LogP contribution in [0.1, 0.15) is 25.0 Å². The molecule has 0 fully saturated rings. The third kappa shape index (κ3) is 3.25. The third-order valence-electron chi connectivity index (χ3n) is 2.41. The van der Waals surface area contributed by atoms with Crippen LogP contribution in [0.4, 0.5) is 0 Å². The van der Waals surface area contributed by atoms with Gasteiger partial charge in [0.15, 0.2) is 0 Å². The van der Waals surface area contributed by atoms with Crippen LogP contribution in [0.5, 0.6) is 0 Å². The highest BCUT2D eigenvalue weighted by atomic mass is 14.0. The second-order valence-electron chi connectivity index (χ2n) is 3.71. The number of hydrogen-bond acceptors (Lipinski definition) is 0. The summed E-state index contributed by atoms with van der Waals surface area (Å²) in [5.41, 5.74) is 4.94. The van der Waals surface area contributed by atoms with Crippen molar-refractivity contribution in [3.8, 4) is 0 Å². The van der Waals surface area contributed by atoms with E-state index in [0.29, 0.717) is 0 Å². The summed E-state index contributed by atoms with van der Waals surface area (Å²) in [6.45, 7) is 10.1. The van der Waals surface area contributed by atoms with E-state index in [1.54, 1.807) is 0 Å². The Bertz CT molecular complexity index is 406. The molecule has 1 aromatic rings. The molecule has 0 aromatic heterocycles. The monoisotopic (exact) mass is 198 g/mol. The van der Waals surface area contributed by atoms with Crippen molar-refractivity contribution in [3.63, 3.8) is 0 Å². The van der Waals surface area contributed by atoms with Crippen molar-refractivity contribution < 1.29 is 0 Å². The van der Waals surface area contributed by atoms with Crippen molar-refractivity contribution >= 4 is 5.57 Å². The molecule has 0 saturated carbocycles. The molecule has 0 atom stereocenters. The van der Waals surface area contributed by atoms with Crippen LogP contribution in [-0.4, -0.2) is 0 Å². The van der Waals surface area contributed by atoms with Gasteiger partial charge >= 0.3 is 0 Å². The Balaban J connectivity index is 3.13. The molecular weight excluding hydrogens is 180 g/mol. The molecule has 0 radical (unpaired) electrons. The maximum Gasteiger partial charge on any atom is -0.0182 e. The van der Waals surface area contributed by atoms with Gasteiger partial charge in [-0.2, -0.15) is 0 Å². The summed E-state index contributed by atoms with van der Waals surface area (Å²) in [4.78, 5) is 0. The zero-order valence-electron chi connectivity index (χ0n) is 9.75. The van der Waals surface area contributed by atoms with E-state index in [2.05, 4.69) is 56.8 Å². The molecule has 0 aliphatic carbocycles. The molecule has 0 saturated heterocycles. The Morgan fingerprint density at radius 3 is 2.60 bits per heavy atom. The zero-order valence-corrected chi connectivity index (χ0v) is 9.75. The van der Waals surface area contributed by atoms with Gasteiger partial charge in [0.25, 0.3) is 0 Å². The van der Waals surface area contributed by atoms with Gasteiger partial charge in [-0.25, -0.2) is 0 Å². The standard InChI is InChI=1S/C15H18/c1-5-12(3)10-14(6-2)15-9-7-8-13(4)11-15/h5-11H,2H2,1,3-4H3/b12-5-,14-10+. The normalized spacial score (nSPS) is 12.7. The summed E-state index contributed by atoms with van der Waals surface area (Å²) in [6, 6.07) is 8.47. The van der Waals surface area contributed by atoms with E-state index >= 15 is 0 Å². The van der Waals surface area contributed by atoms with Gasteiger partial charge in [-0.15, -0.1) is 0 Å². The summed E-state index contributed by atoms with van der Waals surface area (Å²) < 4.78 is 0. The molecule has 0 heterocycles. The summed E-state index contributed by atoms with van der Waals surface area (Å²) in [5.74, 6) is 0. The average Bonchev–Trinajstić information content (AvgIpc) is 2.25. The predicted molar refractivity (Wildman–Crippen MR) is 68.8 cm³/mol. The Kier molecular flexibility index (Phi) is 4.11. The fraction of sp³-hybridized carbons (Fsp3) is 0.200. The van der Waals surface area contributed by atoms with Crippen LogP contribution < -0.4 is 0 Å². The lowest BCUT2D eigenvalue weighted by molar-refractivity contribution is 1.43. The van der Waals surface area contributed by atoms with E-state index < -0.39 is 0 Å². The highest BCUT2D eigenvalue weighted by molar-refractivity contribution is 5.75. The maximum absolute atomic E-state index is 3.86. The lowest BCUT2D eigenvalue weighted by Gasteiger charge is -2.04. The summed E-state index contributed by atoms with van der Waals surface area (Å²) >= 11 is 0. The van der Waals surface area contributed by atoms with Crippen LogP contribution in [-0.2, 0) is 0 Å². The number of benzene rings is 1. The van der Waals surface area contributed by atoms with Gasteiger partial charge in [0.05, 0.1) is 0 Å². The van der Waals surface area contributed by atoms with Gasteiger partial charge in [-0.3, -0.25) is 0 Å². The van der Waals surface area contributed by atoms with Crippen molar-refractivity contribution in [1.29, 1.82) is 0 Å². The van der Waals surface area contributed by atoms with Crippen molar-refractivity contribution in [1.82, 2.24) is 0 Å². The minimum atomic E-state index is 1.18. The number of allylic oxidation sites excluding steroid dienone is 5. The van der Waals surface area contributed by atoms with Crippen LogP contribution >= 0.6 is 0 Å². The smallest absolute Gasteiger partial charge is 0.0182 e. The first kappa shape index (κ1) is 11.5. The molecule has 1 aromatic carbocycles. The average molecular weight is 198 g/mol. The van der Waals surface area contributed by atoms with Gasteiger partial charge in [0.2, 0.25) is 0 Å². The van der Waals surface area contributed by atoms with Crippen molar-refractivity contribution in [3.05, 3.63) is 65.8 Å². The zero-order chi connectivity index (χ0) is 11.3. The predicted octanol–water partition coefficient (Wildman–Crippen LogP) is 4.53. The first-order valence-electron chi connectivity index (χ1n) is 5.21. The molecule has 0 aliphatic rings. The van der Waals surface area contributed by atoms with Crippen LogP contribution in [0.25, 0.3) is 5.57 Å². The molecule has 0 unspecified atom stereocenters. The highest BCUT2D eigenvalue weighted by Crippen LogP contribution is 2.18. The van der Waals surface area contributed by atoms with Gasteiger partial charge < -0.3 is 0 Å². The molecule has 0 N–H and O–H groups in total. The van der Waals surface area contributed by atoms with E-state index in [-0.39, 0.29) is 0 Å². The van der Waals surface area contributed by atoms with Gasteiger partial charge in [-0.1, -0.05) is 60.2 Å². The van der Waals surface area contributed by atoms with E-state index in [4.69, 9.17) is 0 Å². The minimum Gasteiger partial charge on any atom is -0.0984 e. The largest absolute Gasteiger partial charge is 0.0984 e. The topological polar surface area (TPSA) is 0 Å². The second-order valence-corrected chi connectivity index (χ2v) is 3.71. The Morgan fingerprint density at radius 1 is 1.33 bits per heavy atom. The molecule has 0 nitrogen and oxygen atoms in total. The van der Waals surface area contributed by atoms with Crippen molar-refractivity contribution in [2.24, 2.45) is 0 Å². The summed E-state index contributed by atoms with van der Waals surface area (Å²) in [7, 11) is 0. The lowest BCUT2D eigenvalue weighted by Crippen LogP contribution is -1.83.